The highest BCUT2D eigenvalue weighted by Gasteiger charge is 2.37. The molecule has 0 saturated carbocycles. The Kier molecular flexibility index (Phi) is 8.80. The number of benzene rings is 3. The number of carbonyl (C=O) groups excluding carboxylic acids is 4. The van der Waals surface area contributed by atoms with Crippen molar-refractivity contribution in [2.75, 3.05) is 16.8 Å². The van der Waals surface area contributed by atoms with E-state index in [-0.39, 0.29) is 12.2 Å². The number of hydrogen-bond donors (Lipinski definition) is 2. The number of anilines is 2. The van der Waals surface area contributed by atoms with Gasteiger partial charge in [0.05, 0.1) is 24.7 Å². The predicted molar refractivity (Wildman–Crippen MR) is 157 cm³/mol. The van der Waals surface area contributed by atoms with Crippen LogP contribution in [-0.4, -0.2) is 30.4 Å². The van der Waals surface area contributed by atoms with Crippen molar-refractivity contribution in [1.29, 1.82) is 0 Å². The van der Waals surface area contributed by atoms with Gasteiger partial charge in [-0.25, -0.2) is 9.69 Å². The number of urea groups is 1. The topological polar surface area (TPSA) is 105 Å². The Hall–Kier alpha value is -3.18. The Morgan fingerprint density at radius 3 is 2.31 bits per heavy atom. The van der Waals surface area contributed by atoms with E-state index in [1.807, 2.05) is 13.8 Å². The van der Waals surface area contributed by atoms with E-state index in [9.17, 15) is 19.2 Å². The van der Waals surface area contributed by atoms with Crippen molar-refractivity contribution in [3.63, 3.8) is 0 Å². The molecule has 8 nitrogen and oxygen atoms in total. The summed E-state index contributed by atoms with van der Waals surface area (Å²) in [6.45, 7) is 3.46. The molecular weight excluding hydrogens is 677 g/mol. The number of nitrogens with one attached hydrogen (secondary N) is 2. The minimum Gasteiger partial charge on any atom is -0.481 e. The standard InChI is InChI=1S/C27H19Br2Cl2N3O5/c1-13-3-5-17(7-14(13)2)34-26(37)18(25(36)33-27(34)38)8-15-9-19(28)24(20(29)10-15)39-12-23(35)32-16-4-6-21(30)22(31)11-16/h3-11H,12H2,1-2H3,(H,32,35)(H,33,36,38)/b18-8-. The minimum absolute atomic E-state index is 0.221. The molecule has 1 aliphatic heterocycles. The molecule has 4 rings (SSSR count). The maximum Gasteiger partial charge on any atom is 0.335 e. The lowest BCUT2D eigenvalue weighted by molar-refractivity contribution is -0.122. The van der Waals surface area contributed by atoms with Crippen LogP contribution in [0.3, 0.4) is 0 Å². The van der Waals surface area contributed by atoms with Gasteiger partial charge in [0, 0.05) is 5.69 Å². The van der Waals surface area contributed by atoms with Crippen LogP contribution in [0, 0.1) is 13.8 Å². The molecule has 1 fully saturated rings. The van der Waals surface area contributed by atoms with Gasteiger partial charge in [-0.15, -0.1) is 0 Å². The molecule has 3 aromatic rings. The highest BCUT2D eigenvalue weighted by Crippen LogP contribution is 2.36. The number of hydrogen-bond acceptors (Lipinski definition) is 5. The van der Waals surface area contributed by atoms with Crippen LogP contribution in [-0.2, 0) is 14.4 Å². The second-order valence-electron chi connectivity index (χ2n) is 8.51. The van der Waals surface area contributed by atoms with Crippen LogP contribution in [0.25, 0.3) is 6.08 Å². The van der Waals surface area contributed by atoms with E-state index in [0.717, 1.165) is 16.0 Å². The van der Waals surface area contributed by atoms with Crippen molar-refractivity contribution in [2.45, 2.75) is 13.8 Å². The summed E-state index contributed by atoms with van der Waals surface area (Å²) in [6, 6.07) is 12.2. The van der Waals surface area contributed by atoms with Gasteiger partial charge in [-0.2, -0.15) is 0 Å². The minimum atomic E-state index is -0.823. The van der Waals surface area contributed by atoms with Crippen molar-refractivity contribution in [3.8, 4) is 5.75 Å². The number of nitrogens with zero attached hydrogens (tertiary/aromatic N) is 1. The van der Waals surface area contributed by atoms with Crippen LogP contribution >= 0.6 is 55.1 Å². The summed E-state index contributed by atoms with van der Waals surface area (Å²) in [4.78, 5) is 51.6. The van der Waals surface area contributed by atoms with E-state index in [1.165, 1.54) is 12.1 Å². The molecule has 200 valence electrons. The molecule has 5 amide bonds. The third-order valence-electron chi connectivity index (χ3n) is 5.73. The lowest BCUT2D eigenvalue weighted by Gasteiger charge is -2.27. The summed E-state index contributed by atoms with van der Waals surface area (Å²) in [6.07, 6.45) is 1.37. The molecular formula is C27H19Br2Cl2N3O5. The zero-order valence-electron chi connectivity index (χ0n) is 20.4. The average Bonchev–Trinajstić information content (AvgIpc) is 2.85. The molecule has 1 saturated heterocycles. The highest BCUT2D eigenvalue weighted by atomic mass is 79.9. The number of amides is 5. The summed E-state index contributed by atoms with van der Waals surface area (Å²) >= 11 is 18.7. The van der Waals surface area contributed by atoms with Gasteiger partial charge in [0.15, 0.2) is 6.61 Å². The quantitative estimate of drug-likeness (QED) is 0.218. The van der Waals surface area contributed by atoms with E-state index < -0.39 is 23.8 Å². The summed E-state index contributed by atoms with van der Waals surface area (Å²) in [7, 11) is 0. The largest absolute Gasteiger partial charge is 0.481 e. The number of ether oxygens (including phenoxy) is 1. The molecule has 0 unspecified atom stereocenters. The first-order chi connectivity index (χ1) is 18.4. The number of imide groups is 2. The average molecular weight is 696 g/mol. The van der Waals surface area contributed by atoms with Crippen molar-refractivity contribution in [1.82, 2.24) is 5.32 Å². The van der Waals surface area contributed by atoms with Gasteiger partial charge >= 0.3 is 6.03 Å². The first-order valence-corrected chi connectivity index (χ1v) is 13.6. The monoisotopic (exact) mass is 693 g/mol. The van der Waals surface area contributed by atoms with Gasteiger partial charge in [0.1, 0.15) is 11.3 Å². The number of barbiturate groups is 1. The molecule has 0 spiro atoms. The van der Waals surface area contributed by atoms with Crippen LogP contribution in [0.15, 0.2) is 63.0 Å². The smallest absolute Gasteiger partial charge is 0.335 e. The third kappa shape index (κ3) is 6.52. The summed E-state index contributed by atoms with van der Waals surface area (Å²) in [5.41, 5.74) is 2.95. The zero-order chi connectivity index (χ0) is 28.4. The third-order valence-corrected chi connectivity index (χ3v) is 7.65. The summed E-state index contributed by atoms with van der Waals surface area (Å²) < 4.78 is 6.58. The molecule has 0 aromatic heterocycles. The molecule has 3 aromatic carbocycles. The number of aryl methyl sites for hydroxylation is 2. The van der Waals surface area contributed by atoms with Gasteiger partial charge < -0.3 is 10.1 Å². The second-order valence-corrected chi connectivity index (χ2v) is 11.0. The zero-order valence-corrected chi connectivity index (χ0v) is 25.1. The van der Waals surface area contributed by atoms with Gasteiger partial charge in [-0.05, 0) is 111 Å². The van der Waals surface area contributed by atoms with Gasteiger partial charge in [0.25, 0.3) is 17.7 Å². The van der Waals surface area contributed by atoms with Gasteiger partial charge in [0.2, 0.25) is 0 Å². The first kappa shape index (κ1) is 28.8. The molecule has 0 atom stereocenters. The lowest BCUT2D eigenvalue weighted by atomic mass is 10.1. The maximum absolute atomic E-state index is 13.2. The van der Waals surface area contributed by atoms with Crippen LogP contribution in [0.2, 0.25) is 10.0 Å². The van der Waals surface area contributed by atoms with Crippen LogP contribution in [0.1, 0.15) is 16.7 Å². The van der Waals surface area contributed by atoms with Crippen molar-refractivity contribution >= 4 is 96.3 Å². The number of carbonyl (C=O) groups is 4. The fourth-order valence-electron chi connectivity index (χ4n) is 3.63. The Labute approximate surface area is 250 Å². The first-order valence-electron chi connectivity index (χ1n) is 11.3. The highest BCUT2D eigenvalue weighted by molar-refractivity contribution is 9.11. The van der Waals surface area contributed by atoms with E-state index >= 15 is 0 Å². The van der Waals surface area contributed by atoms with Gasteiger partial charge in [-0.1, -0.05) is 29.3 Å². The molecule has 1 aliphatic rings. The Bertz CT molecular complexity index is 1550. The molecule has 0 aliphatic carbocycles. The Balaban J connectivity index is 1.52. The fraction of sp³-hybridized carbons (Fsp3) is 0.111. The molecule has 1 heterocycles. The van der Waals surface area contributed by atoms with Crippen LogP contribution in [0.5, 0.6) is 5.75 Å². The fourth-order valence-corrected chi connectivity index (χ4v) is 5.38. The summed E-state index contributed by atoms with van der Waals surface area (Å²) in [5.74, 6) is -1.66. The molecule has 2 N–H and O–H groups in total. The summed E-state index contributed by atoms with van der Waals surface area (Å²) in [5, 5.41) is 5.54. The van der Waals surface area contributed by atoms with E-state index in [0.29, 0.717) is 41.7 Å². The van der Waals surface area contributed by atoms with E-state index in [1.54, 1.807) is 42.5 Å². The Morgan fingerprint density at radius 2 is 1.67 bits per heavy atom. The lowest BCUT2D eigenvalue weighted by Crippen LogP contribution is -2.54. The van der Waals surface area contributed by atoms with Crippen LogP contribution in [0.4, 0.5) is 16.2 Å². The second kappa shape index (κ2) is 11.9. The van der Waals surface area contributed by atoms with Crippen molar-refractivity contribution in [3.05, 3.63) is 89.8 Å². The number of rotatable bonds is 6. The van der Waals surface area contributed by atoms with E-state index in [2.05, 4.69) is 42.5 Å². The SMILES string of the molecule is Cc1ccc(N2C(=O)NC(=O)/C(=C/c3cc(Br)c(OCC(=O)Nc4ccc(Cl)c(Cl)c4)c(Br)c3)C2=O)cc1C. The van der Waals surface area contributed by atoms with E-state index in [4.69, 9.17) is 27.9 Å². The molecule has 0 bridgehead atoms. The Morgan fingerprint density at radius 1 is 0.974 bits per heavy atom. The van der Waals surface area contributed by atoms with Gasteiger partial charge in [-0.3, -0.25) is 19.7 Å². The predicted octanol–water partition coefficient (Wildman–Crippen LogP) is 6.82. The van der Waals surface area contributed by atoms with Crippen molar-refractivity contribution < 1.29 is 23.9 Å². The molecule has 12 heteroatoms. The molecule has 39 heavy (non-hydrogen) atoms. The number of halogens is 4. The normalized spacial score (nSPS) is 14.5. The maximum atomic E-state index is 13.2. The van der Waals surface area contributed by atoms with Crippen LogP contribution < -0.4 is 20.3 Å². The van der Waals surface area contributed by atoms with Crippen molar-refractivity contribution in [2.24, 2.45) is 0 Å². The molecule has 0 radical (unpaired) electrons.